The number of thioether (sulfide) groups is 1. The van der Waals surface area contributed by atoms with Gasteiger partial charge < -0.3 is 15.1 Å². The van der Waals surface area contributed by atoms with Gasteiger partial charge in [-0.05, 0) is 31.7 Å². The molecule has 8 nitrogen and oxygen atoms in total. The molecule has 25 heavy (non-hydrogen) atoms. The highest BCUT2D eigenvalue weighted by Gasteiger charge is 2.38. The van der Waals surface area contributed by atoms with E-state index in [0.717, 1.165) is 23.1 Å². The Morgan fingerprint density at radius 3 is 2.72 bits per heavy atom. The number of rotatable bonds is 5. The zero-order valence-electron chi connectivity index (χ0n) is 13.6. The number of nitrogens with zero attached hydrogens (tertiary/aromatic N) is 4. The fourth-order valence-corrected chi connectivity index (χ4v) is 4.87. The highest BCUT2D eigenvalue weighted by molar-refractivity contribution is 7.99. The first-order valence-corrected chi connectivity index (χ1v) is 9.75. The molecule has 0 saturated carbocycles. The number of aliphatic carboxylic acids is 2. The van der Waals surface area contributed by atoms with Crippen LogP contribution in [0, 0.1) is 17.2 Å². The van der Waals surface area contributed by atoms with Crippen LogP contribution >= 0.6 is 23.5 Å². The average Bonchev–Trinajstić information content (AvgIpc) is 3.16. The van der Waals surface area contributed by atoms with Crippen molar-refractivity contribution in [3.63, 3.8) is 0 Å². The monoisotopic (exact) mass is 384 g/mol. The van der Waals surface area contributed by atoms with Gasteiger partial charge in [-0.25, -0.2) is 9.59 Å². The molecule has 2 bridgehead atoms. The average molecular weight is 384 g/mol. The zero-order valence-corrected chi connectivity index (χ0v) is 15.3. The Morgan fingerprint density at radius 2 is 2.08 bits per heavy atom. The van der Waals surface area contributed by atoms with E-state index in [0.29, 0.717) is 12.3 Å². The van der Waals surface area contributed by atoms with Gasteiger partial charge in [0.15, 0.2) is 0 Å². The first kappa shape index (κ1) is 19.6. The summed E-state index contributed by atoms with van der Waals surface area (Å²) in [6, 6.07) is 2.19. The molecule has 0 radical (unpaired) electrons. The molecule has 2 saturated heterocycles. The maximum Gasteiger partial charge on any atom is 0.414 e. The van der Waals surface area contributed by atoms with Crippen LogP contribution in [-0.4, -0.2) is 61.2 Å². The lowest BCUT2D eigenvalue weighted by molar-refractivity contribution is -0.159. The molecule has 2 N–H and O–H groups in total. The second kappa shape index (κ2) is 9.70. The van der Waals surface area contributed by atoms with Crippen molar-refractivity contribution in [3.05, 3.63) is 5.69 Å². The number of hydrogen-bond donors (Lipinski definition) is 2. The molecule has 0 aliphatic carbocycles. The molecule has 10 heteroatoms. The SMILES string of the molecule is N#CCCCSc1nsnc1C1CN2CCCC1C2.O=C(O)C(=O)O. The van der Waals surface area contributed by atoms with Crippen LogP contribution in [0.3, 0.4) is 0 Å². The first-order chi connectivity index (χ1) is 12.0. The fraction of sp³-hybridized carbons (Fsp3) is 0.667. The number of unbranched alkanes of at least 4 members (excludes halogenated alkanes) is 1. The van der Waals surface area contributed by atoms with Crippen molar-refractivity contribution in [2.45, 2.75) is 36.6 Å². The summed E-state index contributed by atoms with van der Waals surface area (Å²) in [5.74, 6) is -1.28. The van der Waals surface area contributed by atoms with Gasteiger partial charge in [-0.1, -0.05) is 0 Å². The van der Waals surface area contributed by atoms with Crippen LogP contribution in [-0.2, 0) is 9.59 Å². The number of carbonyl (C=O) groups is 2. The minimum absolute atomic E-state index is 0.597. The van der Waals surface area contributed by atoms with Gasteiger partial charge in [0.05, 0.1) is 23.5 Å². The maximum absolute atomic E-state index is 9.10. The second-order valence-electron chi connectivity index (χ2n) is 5.94. The third-order valence-corrected chi connectivity index (χ3v) is 5.98. The van der Waals surface area contributed by atoms with Gasteiger partial charge in [0, 0.05) is 31.2 Å². The van der Waals surface area contributed by atoms with E-state index in [1.54, 1.807) is 11.8 Å². The van der Waals surface area contributed by atoms with Gasteiger partial charge >= 0.3 is 11.9 Å². The Balaban J connectivity index is 0.000000326. The van der Waals surface area contributed by atoms with Crippen molar-refractivity contribution >= 4 is 35.4 Å². The van der Waals surface area contributed by atoms with Crippen LogP contribution in [0.15, 0.2) is 5.03 Å². The van der Waals surface area contributed by atoms with E-state index in [1.807, 2.05) is 0 Å². The molecule has 0 aromatic carbocycles. The van der Waals surface area contributed by atoms with Crippen molar-refractivity contribution in [3.8, 4) is 6.07 Å². The predicted octanol–water partition coefficient (Wildman–Crippen LogP) is 1.90. The lowest BCUT2D eigenvalue weighted by atomic mass is 9.89. The third kappa shape index (κ3) is 5.66. The molecule has 1 aromatic heterocycles. The van der Waals surface area contributed by atoms with Crippen molar-refractivity contribution in [1.29, 1.82) is 5.26 Å². The van der Waals surface area contributed by atoms with E-state index >= 15 is 0 Å². The highest BCUT2D eigenvalue weighted by atomic mass is 32.2. The molecule has 3 atom stereocenters. The maximum atomic E-state index is 9.10. The molecule has 0 amide bonds. The second-order valence-corrected chi connectivity index (χ2v) is 7.56. The molecule has 136 valence electrons. The third-order valence-electron chi connectivity index (χ3n) is 4.25. The molecule has 1 aromatic rings. The van der Waals surface area contributed by atoms with Crippen LogP contribution in [0.25, 0.3) is 0 Å². The summed E-state index contributed by atoms with van der Waals surface area (Å²) in [5, 5.41) is 24.5. The van der Waals surface area contributed by atoms with Crippen LogP contribution in [0.2, 0.25) is 0 Å². The highest BCUT2D eigenvalue weighted by Crippen LogP contribution is 2.41. The van der Waals surface area contributed by atoms with Gasteiger partial charge in [-0.3, -0.25) is 0 Å². The number of carboxylic acids is 2. The summed E-state index contributed by atoms with van der Waals surface area (Å²) < 4.78 is 9.04. The summed E-state index contributed by atoms with van der Waals surface area (Å²) in [6.07, 6.45) is 4.26. The minimum Gasteiger partial charge on any atom is -0.473 e. The first-order valence-electron chi connectivity index (χ1n) is 8.03. The smallest absolute Gasteiger partial charge is 0.414 e. The number of carboxylic acid groups (broad SMARTS) is 2. The molecule has 2 aliphatic heterocycles. The summed E-state index contributed by atoms with van der Waals surface area (Å²) in [6.45, 7) is 3.68. The molecule has 2 aliphatic rings. The largest absolute Gasteiger partial charge is 0.473 e. The Morgan fingerprint density at radius 1 is 1.32 bits per heavy atom. The van der Waals surface area contributed by atoms with Crippen LogP contribution in [0.1, 0.15) is 37.3 Å². The van der Waals surface area contributed by atoms with Crippen molar-refractivity contribution in [2.24, 2.45) is 5.92 Å². The number of piperidine rings is 1. The van der Waals surface area contributed by atoms with Crippen molar-refractivity contribution < 1.29 is 19.8 Å². The zero-order chi connectivity index (χ0) is 18.2. The molecule has 3 unspecified atom stereocenters. The summed E-state index contributed by atoms with van der Waals surface area (Å²) in [4.78, 5) is 20.8. The Bertz CT molecular complexity index is 634. The number of hydrogen-bond acceptors (Lipinski definition) is 8. The van der Waals surface area contributed by atoms with Crippen LogP contribution < -0.4 is 0 Å². The van der Waals surface area contributed by atoms with Gasteiger partial charge in [0.25, 0.3) is 0 Å². The van der Waals surface area contributed by atoms with Crippen molar-refractivity contribution in [1.82, 2.24) is 13.6 Å². The summed E-state index contributed by atoms with van der Waals surface area (Å²) >= 11 is 3.13. The van der Waals surface area contributed by atoms with Crippen molar-refractivity contribution in [2.75, 3.05) is 25.4 Å². The molecule has 0 spiro atoms. The van der Waals surface area contributed by atoms with Gasteiger partial charge in [0.2, 0.25) is 0 Å². The quantitative estimate of drug-likeness (QED) is 0.444. The topological polar surface area (TPSA) is 127 Å². The standard InChI is InChI=1S/C13H18N4S2.C2H2O4/c14-5-1-2-7-18-13-12(15-19-16-13)11-9-17-6-3-4-10(11)8-17;3-1(4)2(5)6/h10-11H,1-4,6-9H2;(H,3,4)(H,5,6). The molecule has 3 heterocycles. The van der Waals surface area contributed by atoms with E-state index in [-0.39, 0.29) is 0 Å². The molecule has 3 rings (SSSR count). The Labute approximate surface area is 154 Å². The Hall–Kier alpha value is -1.70. The van der Waals surface area contributed by atoms with E-state index in [1.165, 1.54) is 49.9 Å². The summed E-state index contributed by atoms with van der Waals surface area (Å²) in [7, 11) is 0. The lowest BCUT2D eigenvalue weighted by Gasteiger charge is -2.21. The Kier molecular flexibility index (Phi) is 7.61. The van der Waals surface area contributed by atoms with Crippen LogP contribution in [0.4, 0.5) is 0 Å². The van der Waals surface area contributed by atoms with Gasteiger partial charge in [-0.15, -0.1) is 11.8 Å². The predicted molar refractivity (Wildman–Crippen MR) is 92.7 cm³/mol. The van der Waals surface area contributed by atoms with E-state index in [9.17, 15) is 0 Å². The summed E-state index contributed by atoms with van der Waals surface area (Å²) in [5.41, 5.74) is 1.24. The fourth-order valence-electron chi connectivity index (χ4n) is 3.16. The number of aromatic nitrogens is 2. The number of nitriles is 1. The number of fused-ring (bicyclic) bond motifs is 2. The van der Waals surface area contributed by atoms with E-state index in [4.69, 9.17) is 25.1 Å². The molecule has 2 fully saturated rings. The van der Waals surface area contributed by atoms with Gasteiger partial charge in [0.1, 0.15) is 5.03 Å². The normalized spacial score (nSPS) is 24.0. The lowest BCUT2D eigenvalue weighted by Crippen LogP contribution is -2.25. The van der Waals surface area contributed by atoms with Gasteiger partial charge in [-0.2, -0.15) is 14.0 Å². The molecular weight excluding hydrogens is 364 g/mol. The van der Waals surface area contributed by atoms with Crippen LogP contribution in [0.5, 0.6) is 0 Å². The van der Waals surface area contributed by atoms with E-state index < -0.39 is 11.9 Å². The van der Waals surface area contributed by atoms with E-state index in [2.05, 4.69) is 19.7 Å². The molecular formula is C15H20N4O4S2. The minimum atomic E-state index is -1.82.